The number of esters is 1. The van der Waals surface area contributed by atoms with Gasteiger partial charge >= 0.3 is 5.97 Å². The largest absolute Gasteiger partial charge is 0.465 e. The quantitative estimate of drug-likeness (QED) is 0.806. The van der Waals surface area contributed by atoms with E-state index in [0.29, 0.717) is 12.2 Å². The molecule has 0 atom stereocenters. The van der Waals surface area contributed by atoms with Gasteiger partial charge in [-0.2, -0.15) is 5.10 Å². The summed E-state index contributed by atoms with van der Waals surface area (Å²) in [4.78, 5) is 23.0. The van der Waals surface area contributed by atoms with Gasteiger partial charge in [0.05, 0.1) is 12.8 Å². The van der Waals surface area contributed by atoms with E-state index in [1.807, 2.05) is 12.1 Å². The molecular weight excluding hydrogens is 258 g/mol. The maximum absolute atomic E-state index is 11.8. The van der Waals surface area contributed by atoms with E-state index < -0.39 is 5.97 Å². The van der Waals surface area contributed by atoms with Gasteiger partial charge in [0, 0.05) is 17.3 Å². The minimum atomic E-state index is -0.448. The molecule has 6 heteroatoms. The molecule has 0 radical (unpaired) electrons. The summed E-state index contributed by atoms with van der Waals surface area (Å²) in [6.07, 6.45) is 3.48. The summed E-state index contributed by atoms with van der Waals surface area (Å²) in [5, 5.41) is 9.10. The first-order chi connectivity index (χ1) is 9.70. The molecule has 104 valence electrons. The highest BCUT2D eigenvalue weighted by Crippen LogP contribution is 2.17. The molecule has 2 rings (SSSR count). The number of rotatable bonds is 5. The van der Waals surface area contributed by atoms with Gasteiger partial charge in [0.1, 0.15) is 6.54 Å². The zero-order valence-corrected chi connectivity index (χ0v) is 11.1. The van der Waals surface area contributed by atoms with Crippen LogP contribution in [0.1, 0.15) is 17.3 Å². The zero-order chi connectivity index (χ0) is 14.4. The molecule has 0 aliphatic heterocycles. The predicted molar refractivity (Wildman–Crippen MR) is 73.0 cm³/mol. The summed E-state index contributed by atoms with van der Waals surface area (Å²) in [5.41, 5.74) is 2.39. The first-order valence-electron chi connectivity index (χ1n) is 6.23. The molecule has 1 aromatic carbocycles. The van der Waals surface area contributed by atoms with Gasteiger partial charge in [0.15, 0.2) is 0 Å². The number of carbonyl (C=O) groups excluding carboxylic acids is 2. The summed E-state index contributed by atoms with van der Waals surface area (Å²) in [6.45, 7) is 1.89. The molecule has 1 amide bonds. The molecule has 0 fully saturated rings. The highest BCUT2D eigenvalue weighted by atomic mass is 16.5. The number of nitrogens with one attached hydrogen (secondary N) is 2. The number of amides is 1. The van der Waals surface area contributed by atoms with Gasteiger partial charge in [-0.3, -0.25) is 14.7 Å². The summed E-state index contributed by atoms with van der Waals surface area (Å²) >= 11 is 0. The van der Waals surface area contributed by atoms with Crippen molar-refractivity contribution in [2.75, 3.05) is 13.2 Å². The van der Waals surface area contributed by atoms with E-state index in [-0.39, 0.29) is 12.5 Å². The fourth-order valence-electron chi connectivity index (χ4n) is 1.69. The van der Waals surface area contributed by atoms with E-state index >= 15 is 0 Å². The number of H-pyrrole nitrogens is 1. The second-order valence-corrected chi connectivity index (χ2v) is 4.05. The SMILES string of the molecule is CCOC(=O)CNC(=O)c1ccc(-c2cn[nH]c2)cc1. The van der Waals surface area contributed by atoms with Crippen molar-refractivity contribution in [2.24, 2.45) is 0 Å². The van der Waals surface area contributed by atoms with Crippen molar-refractivity contribution < 1.29 is 14.3 Å². The van der Waals surface area contributed by atoms with Crippen molar-refractivity contribution >= 4 is 11.9 Å². The maximum Gasteiger partial charge on any atom is 0.325 e. The van der Waals surface area contributed by atoms with Crippen LogP contribution in [0.15, 0.2) is 36.7 Å². The lowest BCUT2D eigenvalue weighted by Gasteiger charge is -2.05. The molecule has 0 unspecified atom stereocenters. The maximum atomic E-state index is 11.8. The summed E-state index contributed by atoms with van der Waals surface area (Å²) in [7, 11) is 0. The van der Waals surface area contributed by atoms with Crippen LogP contribution >= 0.6 is 0 Å². The fourth-order valence-corrected chi connectivity index (χ4v) is 1.69. The monoisotopic (exact) mass is 273 g/mol. The minimum Gasteiger partial charge on any atom is -0.465 e. The molecule has 2 N–H and O–H groups in total. The van der Waals surface area contributed by atoms with Crippen molar-refractivity contribution in [1.29, 1.82) is 0 Å². The molecule has 0 aliphatic rings. The van der Waals surface area contributed by atoms with Gasteiger partial charge in [0.2, 0.25) is 0 Å². The first-order valence-corrected chi connectivity index (χ1v) is 6.23. The lowest BCUT2D eigenvalue weighted by atomic mass is 10.1. The van der Waals surface area contributed by atoms with E-state index in [1.54, 1.807) is 31.5 Å². The number of hydrogen-bond donors (Lipinski definition) is 2. The van der Waals surface area contributed by atoms with Gasteiger partial charge in [-0.25, -0.2) is 0 Å². The predicted octanol–water partition coefficient (Wildman–Crippen LogP) is 1.37. The Bertz CT molecular complexity index is 576. The molecule has 0 aliphatic carbocycles. The standard InChI is InChI=1S/C14H15N3O3/c1-2-20-13(18)9-15-14(19)11-5-3-10(4-6-11)12-7-16-17-8-12/h3-8H,2,9H2,1H3,(H,15,19)(H,16,17). The number of hydrogen-bond acceptors (Lipinski definition) is 4. The minimum absolute atomic E-state index is 0.129. The summed E-state index contributed by atoms with van der Waals surface area (Å²) in [5.74, 6) is -0.757. The smallest absolute Gasteiger partial charge is 0.325 e. The van der Waals surface area contributed by atoms with E-state index in [1.165, 1.54) is 0 Å². The average molecular weight is 273 g/mol. The first kappa shape index (κ1) is 13.8. The van der Waals surface area contributed by atoms with Crippen LogP contribution in [0.4, 0.5) is 0 Å². The highest BCUT2D eigenvalue weighted by Gasteiger charge is 2.08. The molecule has 0 bridgehead atoms. The normalized spacial score (nSPS) is 10.1. The lowest BCUT2D eigenvalue weighted by Crippen LogP contribution is -2.30. The molecule has 1 heterocycles. The van der Waals surface area contributed by atoms with Gasteiger partial charge in [-0.05, 0) is 24.6 Å². The van der Waals surface area contributed by atoms with Crippen molar-refractivity contribution in [3.63, 3.8) is 0 Å². The van der Waals surface area contributed by atoms with Crippen molar-refractivity contribution in [3.8, 4) is 11.1 Å². The highest BCUT2D eigenvalue weighted by molar-refractivity contribution is 5.96. The number of carbonyl (C=O) groups is 2. The van der Waals surface area contributed by atoms with E-state index in [2.05, 4.69) is 15.5 Å². The number of benzene rings is 1. The second kappa shape index (κ2) is 6.51. The summed E-state index contributed by atoms with van der Waals surface area (Å²) in [6, 6.07) is 7.04. The van der Waals surface area contributed by atoms with Crippen LogP contribution in [0, 0.1) is 0 Å². The third-order valence-corrected chi connectivity index (χ3v) is 2.68. The average Bonchev–Trinajstić information content (AvgIpc) is 2.99. The van der Waals surface area contributed by atoms with Crippen molar-refractivity contribution in [2.45, 2.75) is 6.92 Å². The Kier molecular flexibility index (Phi) is 4.49. The zero-order valence-electron chi connectivity index (χ0n) is 11.1. The molecule has 6 nitrogen and oxygen atoms in total. The number of nitrogens with zero attached hydrogens (tertiary/aromatic N) is 1. The number of ether oxygens (including phenoxy) is 1. The van der Waals surface area contributed by atoms with Crippen LogP contribution in [0.5, 0.6) is 0 Å². The molecule has 20 heavy (non-hydrogen) atoms. The lowest BCUT2D eigenvalue weighted by molar-refractivity contribution is -0.141. The van der Waals surface area contributed by atoms with Gasteiger partial charge in [-0.1, -0.05) is 12.1 Å². The topological polar surface area (TPSA) is 84.1 Å². The van der Waals surface area contributed by atoms with E-state index in [9.17, 15) is 9.59 Å². The Morgan fingerprint density at radius 3 is 2.60 bits per heavy atom. The third kappa shape index (κ3) is 3.44. The Labute approximate surface area is 116 Å². The number of aromatic amines is 1. The van der Waals surface area contributed by atoms with Crippen molar-refractivity contribution in [3.05, 3.63) is 42.2 Å². The molecule has 1 aromatic heterocycles. The Hall–Kier alpha value is -2.63. The van der Waals surface area contributed by atoms with Crippen LogP contribution in [-0.4, -0.2) is 35.2 Å². The Morgan fingerprint density at radius 1 is 1.25 bits per heavy atom. The molecule has 0 saturated carbocycles. The van der Waals surface area contributed by atoms with Gasteiger partial charge in [-0.15, -0.1) is 0 Å². The van der Waals surface area contributed by atoms with Crippen LogP contribution in [0.25, 0.3) is 11.1 Å². The third-order valence-electron chi connectivity index (χ3n) is 2.68. The Morgan fingerprint density at radius 2 is 2.00 bits per heavy atom. The van der Waals surface area contributed by atoms with Crippen LogP contribution < -0.4 is 5.32 Å². The second-order valence-electron chi connectivity index (χ2n) is 4.05. The van der Waals surface area contributed by atoms with Gasteiger partial charge in [0.25, 0.3) is 5.91 Å². The molecule has 0 spiro atoms. The molecular formula is C14H15N3O3. The van der Waals surface area contributed by atoms with Crippen molar-refractivity contribution in [1.82, 2.24) is 15.5 Å². The molecule has 2 aromatic rings. The van der Waals surface area contributed by atoms with E-state index in [4.69, 9.17) is 4.74 Å². The van der Waals surface area contributed by atoms with Crippen LogP contribution in [0.3, 0.4) is 0 Å². The Balaban J connectivity index is 1.96. The van der Waals surface area contributed by atoms with Gasteiger partial charge < -0.3 is 10.1 Å². The van der Waals surface area contributed by atoms with Crippen LogP contribution in [-0.2, 0) is 9.53 Å². The number of aromatic nitrogens is 2. The fraction of sp³-hybridized carbons (Fsp3) is 0.214. The van der Waals surface area contributed by atoms with Crippen LogP contribution in [0.2, 0.25) is 0 Å². The molecule has 0 saturated heterocycles. The van der Waals surface area contributed by atoms with E-state index in [0.717, 1.165) is 11.1 Å². The summed E-state index contributed by atoms with van der Waals surface area (Å²) < 4.78 is 4.73.